The zero-order chi connectivity index (χ0) is 13.2. The lowest BCUT2D eigenvalue weighted by Gasteiger charge is -2.14. The Hall–Kier alpha value is -1.42. The molecule has 0 aliphatic carbocycles. The van der Waals surface area contributed by atoms with Gasteiger partial charge in [0.15, 0.2) is 0 Å². The fourth-order valence-electron chi connectivity index (χ4n) is 1.70. The van der Waals surface area contributed by atoms with Crippen LogP contribution in [0.4, 0.5) is 0 Å². The molecule has 0 saturated heterocycles. The Morgan fingerprint density at radius 2 is 1.94 bits per heavy atom. The van der Waals surface area contributed by atoms with Gasteiger partial charge in [-0.15, -0.1) is 0 Å². The number of nitrogens with two attached hydrogens (primary N) is 1. The summed E-state index contributed by atoms with van der Waals surface area (Å²) in [5, 5.41) is 0. The second-order valence-electron chi connectivity index (χ2n) is 4.25. The molecule has 1 aromatic rings. The highest BCUT2D eigenvalue weighted by atomic mass is 32.1. The molecule has 17 heavy (non-hydrogen) atoms. The molecule has 4 heteroatoms. The van der Waals surface area contributed by atoms with Crippen LogP contribution in [0.25, 0.3) is 0 Å². The minimum Gasteiger partial charge on any atom is -0.459 e. The van der Waals surface area contributed by atoms with Crippen LogP contribution in [0.15, 0.2) is 12.1 Å². The molecule has 0 radical (unpaired) electrons. The van der Waals surface area contributed by atoms with E-state index in [2.05, 4.69) is 0 Å². The molecule has 0 spiro atoms. The molecule has 92 valence electrons. The fourth-order valence-corrected chi connectivity index (χ4v) is 1.92. The number of aryl methyl sites for hydroxylation is 1. The molecule has 0 aromatic heterocycles. The minimum absolute atomic E-state index is 0.144. The predicted molar refractivity (Wildman–Crippen MR) is 72.4 cm³/mol. The molecule has 0 amide bonds. The van der Waals surface area contributed by atoms with Crippen molar-refractivity contribution in [3.63, 3.8) is 0 Å². The second-order valence-corrected chi connectivity index (χ2v) is 4.69. The van der Waals surface area contributed by atoms with Gasteiger partial charge in [-0.1, -0.05) is 24.4 Å². The molecule has 0 unspecified atom stereocenters. The maximum Gasteiger partial charge on any atom is 0.338 e. The maximum atomic E-state index is 12.0. The van der Waals surface area contributed by atoms with E-state index in [0.29, 0.717) is 10.6 Å². The van der Waals surface area contributed by atoms with E-state index in [0.717, 1.165) is 16.7 Å². The van der Waals surface area contributed by atoms with E-state index in [9.17, 15) is 4.79 Å². The molecule has 2 N–H and O–H groups in total. The maximum absolute atomic E-state index is 12.0. The fraction of sp³-hybridized carbons (Fsp3) is 0.385. The molecule has 3 nitrogen and oxygen atoms in total. The van der Waals surface area contributed by atoms with E-state index in [1.165, 1.54) is 0 Å². The zero-order valence-corrected chi connectivity index (χ0v) is 11.4. The van der Waals surface area contributed by atoms with Crippen LogP contribution in [-0.2, 0) is 4.74 Å². The van der Waals surface area contributed by atoms with Crippen molar-refractivity contribution < 1.29 is 9.53 Å². The molecule has 0 atom stereocenters. The Morgan fingerprint density at radius 3 is 2.41 bits per heavy atom. The Balaban J connectivity index is 3.27. The summed E-state index contributed by atoms with van der Waals surface area (Å²) in [6.45, 7) is 7.34. The van der Waals surface area contributed by atoms with Crippen LogP contribution in [0.5, 0.6) is 0 Å². The molecular weight excluding hydrogens is 234 g/mol. The summed E-state index contributed by atoms with van der Waals surface area (Å²) < 4.78 is 5.21. The van der Waals surface area contributed by atoms with E-state index < -0.39 is 0 Å². The molecule has 0 bridgehead atoms. The van der Waals surface area contributed by atoms with Crippen LogP contribution in [0.2, 0.25) is 0 Å². The first-order valence-corrected chi connectivity index (χ1v) is 5.86. The van der Waals surface area contributed by atoms with Crippen molar-refractivity contribution in [3.05, 3.63) is 34.4 Å². The summed E-state index contributed by atoms with van der Waals surface area (Å²) in [5.41, 5.74) is 8.55. The first-order chi connectivity index (χ1) is 7.84. The third-order valence-corrected chi connectivity index (χ3v) is 2.71. The lowest BCUT2D eigenvalue weighted by atomic mass is 9.97. The topological polar surface area (TPSA) is 52.3 Å². The Kier molecular flexibility index (Phi) is 4.23. The number of thiocarbonyl (C=S) groups is 1. The third kappa shape index (κ3) is 3.03. The van der Waals surface area contributed by atoms with Gasteiger partial charge in [0.1, 0.15) is 4.99 Å². The molecule has 0 aliphatic heterocycles. The van der Waals surface area contributed by atoms with Gasteiger partial charge in [0.25, 0.3) is 0 Å². The first-order valence-electron chi connectivity index (χ1n) is 5.45. The summed E-state index contributed by atoms with van der Waals surface area (Å²) in [7, 11) is 0. The van der Waals surface area contributed by atoms with E-state index in [1.807, 2.05) is 39.8 Å². The quantitative estimate of drug-likeness (QED) is 0.662. The lowest BCUT2D eigenvalue weighted by molar-refractivity contribution is 0.0376. The van der Waals surface area contributed by atoms with E-state index >= 15 is 0 Å². The molecule has 1 aromatic carbocycles. The van der Waals surface area contributed by atoms with Crippen LogP contribution in [0.1, 0.15) is 40.9 Å². The third-order valence-electron chi connectivity index (χ3n) is 2.49. The van der Waals surface area contributed by atoms with Gasteiger partial charge in [-0.2, -0.15) is 0 Å². The van der Waals surface area contributed by atoms with Crippen molar-refractivity contribution in [1.82, 2.24) is 0 Å². The highest BCUT2D eigenvalue weighted by molar-refractivity contribution is 7.80. The molecular formula is C13H17NO2S. The van der Waals surface area contributed by atoms with Crippen LogP contribution >= 0.6 is 12.2 Å². The number of hydrogen-bond acceptors (Lipinski definition) is 3. The van der Waals surface area contributed by atoms with E-state index in [1.54, 1.807) is 0 Å². The number of carbonyl (C=O) groups excluding carboxylic acids is 1. The smallest absolute Gasteiger partial charge is 0.338 e. The van der Waals surface area contributed by atoms with Gasteiger partial charge in [0.2, 0.25) is 0 Å². The summed E-state index contributed by atoms with van der Waals surface area (Å²) in [4.78, 5) is 12.3. The standard InChI is InChI=1S/C13H17NO2S/c1-7(2)16-13(15)11-8(3)5-6-10(9(11)4)12(14)17/h5-7H,1-4H3,(H2,14,17). The first kappa shape index (κ1) is 13.6. The number of benzene rings is 1. The molecule has 0 fully saturated rings. The van der Waals surface area contributed by atoms with Gasteiger partial charge in [-0.3, -0.25) is 0 Å². The molecule has 0 heterocycles. The van der Waals surface area contributed by atoms with Crippen molar-refractivity contribution in [1.29, 1.82) is 0 Å². The highest BCUT2D eigenvalue weighted by Gasteiger charge is 2.18. The van der Waals surface area contributed by atoms with Crippen molar-refractivity contribution in [2.75, 3.05) is 0 Å². The van der Waals surface area contributed by atoms with Crippen LogP contribution in [0.3, 0.4) is 0 Å². The summed E-state index contributed by atoms with van der Waals surface area (Å²) in [6, 6.07) is 3.66. The summed E-state index contributed by atoms with van der Waals surface area (Å²) >= 11 is 4.95. The monoisotopic (exact) mass is 251 g/mol. The van der Waals surface area contributed by atoms with Crippen LogP contribution in [-0.4, -0.2) is 17.1 Å². The Bertz CT molecular complexity index is 467. The summed E-state index contributed by atoms with van der Waals surface area (Å²) in [6.07, 6.45) is -0.144. The average Bonchev–Trinajstić information content (AvgIpc) is 2.15. The molecule has 1 rings (SSSR count). The van der Waals surface area contributed by atoms with Gasteiger partial charge < -0.3 is 10.5 Å². The van der Waals surface area contributed by atoms with Gasteiger partial charge in [0.05, 0.1) is 11.7 Å². The molecule has 0 aliphatic rings. The van der Waals surface area contributed by atoms with Crippen LogP contribution < -0.4 is 5.73 Å². The Labute approximate surface area is 107 Å². The summed E-state index contributed by atoms with van der Waals surface area (Å²) in [5.74, 6) is -0.326. The zero-order valence-electron chi connectivity index (χ0n) is 10.5. The Morgan fingerprint density at radius 1 is 1.35 bits per heavy atom. The van der Waals surface area contributed by atoms with Gasteiger partial charge in [-0.05, 0) is 38.8 Å². The van der Waals surface area contributed by atoms with Gasteiger partial charge in [0, 0.05) is 5.56 Å². The SMILES string of the molecule is Cc1ccc(C(N)=S)c(C)c1C(=O)OC(C)C. The average molecular weight is 251 g/mol. The number of rotatable bonds is 3. The number of carbonyl (C=O) groups is 1. The number of esters is 1. The van der Waals surface area contributed by atoms with E-state index in [4.69, 9.17) is 22.7 Å². The van der Waals surface area contributed by atoms with E-state index in [-0.39, 0.29) is 12.1 Å². The highest BCUT2D eigenvalue weighted by Crippen LogP contribution is 2.20. The predicted octanol–water partition coefficient (Wildman–Crippen LogP) is 2.50. The largest absolute Gasteiger partial charge is 0.459 e. The number of ether oxygens (including phenoxy) is 1. The second kappa shape index (κ2) is 5.27. The van der Waals surface area contributed by atoms with Gasteiger partial charge >= 0.3 is 5.97 Å². The van der Waals surface area contributed by atoms with Crippen molar-refractivity contribution in [2.24, 2.45) is 5.73 Å². The minimum atomic E-state index is -0.326. The number of hydrogen-bond donors (Lipinski definition) is 1. The molecule has 0 saturated carbocycles. The van der Waals surface area contributed by atoms with Gasteiger partial charge in [-0.25, -0.2) is 4.79 Å². The van der Waals surface area contributed by atoms with Crippen molar-refractivity contribution >= 4 is 23.2 Å². The van der Waals surface area contributed by atoms with Crippen LogP contribution in [0, 0.1) is 13.8 Å². The van der Waals surface area contributed by atoms with Crippen molar-refractivity contribution in [3.8, 4) is 0 Å². The normalized spacial score (nSPS) is 10.4. The lowest BCUT2D eigenvalue weighted by Crippen LogP contribution is -2.18. The van der Waals surface area contributed by atoms with Crippen molar-refractivity contribution in [2.45, 2.75) is 33.8 Å².